The summed E-state index contributed by atoms with van der Waals surface area (Å²) in [7, 11) is 0. The van der Waals surface area contributed by atoms with Gasteiger partial charge in [-0.25, -0.2) is 0 Å². The van der Waals surface area contributed by atoms with E-state index in [1.165, 1.54) is 70.6 Å². The second kappa shape index (κ2) is 31.0. The fraction of sp³-hybridized carbons (Fsp3) is 0.694. The van der Waals surface area contributed by atoms with E-state index in [-0.39, 0.29) is 12.5 Å². The van der Waals surface area contributed by atoms with E-state index in [2.05, 4.69) is 37.4 Å². The van der Waals surface area contributed by atoms with E-state index in [0.29, 0.717) is 19.3 Å². The topological polar surface area (TPSA) is 89.8 Å². The average molecular weight is 574 g/mol. The molecule has 0 aliphatic rings. The molecule has 3 atom stereocenters. The van der Waals surface area contributed by atoms with Crippen LogP contribution in [-0.4, -0.2) is 46.1 Å². The molecule has 4 N–H and O–H groups in total. The predicted molar refractivity (Wildman–Crippen MR) is 176 cm³/mol. The Morgan fingerprint density at radius 1 is 0.659 bits per heavy atom. The van der Waals surface area contributed by atoms with E-state index in [1.54, 1.807) is 6.08 Å². The second-order valence-electron chi connectivity index (χ2n) is 11.1. The van der Waals surface area contributed by atoms with Crippen molar-refractivity contribution in [3.8, 4) is 0 Å². The van der Waals surface area contributed by atoms with Crippen LogP contribution >= 0.6 is 0 Å². The number of hydrogen-bond acceptors (Lipinski definition) is 4. The van der Waals surface area contributed by atoms with Gasteiger partial charge in [0.15, 0.2) is 0 Å². The molecule has 0 saturated carbocycles. The molecular formula is C36H63NO4. The standard InChI is InChI=1S/C36H63NO4/c1-3-5-7-9-11-12-13-14-18-22-26-30-35(40)34(32-38)37-36(41)31-27-23-19-15-17-21-25-29-33(39)28-24-20-16-10-8-6-4-2/h15-16,19-21,24-26,28,30,33-35,38-40H,3-14,17-18,22-23,27,29,31-32H2,1-2H3,(H,37,41)/b19-15+,20-16-,25-21-,28-24-,30-26+/t33-,34-,35+/m0/s1. The number of amides is 1. The van der Waals surface area contributed by atoms with Gasteiger partial charge in [-0.3, -0.25) is 4.79 Å². The number of allylic oxidation sites excluding steroid dienone is 7. The van der Waals surface area contributed by atoms with Crippen LogP contribution < -0.4 is 5.32 Å². The van der Waals surface area contributed by atoms with Crippen LogP contribution in [-0.2, 0) is 4.79 Å². The number of aliphatic hydroxyl groups is 3. The highest BCUT2D eigenvalue weighted by Gasteiger charge is 2.17. The lowest BCUT2D eigenvalue weighted by Crippen LogP contribution is -2.45. The highest BCUT2D eigenvalue weighted by atomic mass is 16.3. The highest BCUT2D eigenvalue weighted by molar-refractivity contribution is 5.76. The average Bonchev–Trinajstić information content (AvgIpc) is 2.97. The number of nitrogens with one attached hydrogen (secondary N) is 1. The Morgan fingerprint density at radius 2 is 1.24 bits per heavy atom. The molecule has 1 amide bonds. The first-order chi connectivity index (χ1) is 20.0. The Bertz CT molecular complexity index is 725. The molecule has 0 bridgehead atoms. The summed E-state index contributed by atoms with van der Waals surface area (Å²) in [6.45, 7) is 4.15. The molecule has 0 aliphatic carbocycles. The number of rotatable bonds is 28. The van der Waals surface area contributed by atoms with Gasteiger partial charge < -0.3 is 20.6 Å². The van der Waals surface area contributed by atoms with Gasteiger partial charge in [-0.05, 0) is 51.4 Å². The highest BCUT2D eigenvalue weighted by Crippen LogP contribution is 2.11. The molecule has 41 heavy (non-hydrogen) atoms. The van der Waals surface area contributed by atoms with Crippen molar-refractivity contribution >= 4 is 5.91 Å². The summed E-state index contributed by atoms with van der Waals surface area (Å²) < 4.78 is 0. The first-order valence-electron chi connectivity index (χ1n) is 16.6. The molecule has 5 heteroatoms. The molecule has 0 saturated heterocycles. The van der Waals surface area contributed by atoms with Crippen LogP contribution in [0.4, 0.5) is 0 Å². The lowest BCUT2D eigenvalue weighted by molar-refractivity contribution is -0.122. The van der Waals surface area contributed by atoms with Gasteiger partial charge in [-0.1, -0.05) is 139 Å². The maximum atomic E-state index is 12.2. The number of unbranched alkanes of at least 4 members (excludes halogenated alkanes) is 13. The van der Waals surface area contributed by atoms with Crippen LogP contribution in [0.25, 0.3) is 0 Å². The molecule has 0 heterocycles. The van der Waals surface area contributed by atoms with E-state index in [4.69, 9.17) is 0 Å². The zero-order chi connectivity index (χ0) is 30.2. The van der Waals surface area contributed by atoms with Crippen molar-refractivity contribution in [2.75, 3.05) is 6.61 Å². The summed E-state index contributed by atoms with van der Waals surface area (Å²) in [6.07, 6.45) is 38.9. The van der Waals surface area contributed by atoms with Crippen molar-refractivity contribution in [3.63, 3.8) is 0 Å². The molecule has 0 spiro atoms. The summed E-state index contributed by atoms with van der Waals surface area (Å²) in [4.78, 5) is 12.2. The third kappa shape index (κ3) is 28.0. The van der Waals surface area contributed by atoms with E-state index >= 15 is 0 Å². The number of hydrogen-bond donors (Lipinski definition) is 4. The number of carbonyl (C=O) groups excluding carboxylic acids is 1. The quantitative estimate of drug-likeness (QED) is 0.0430. The Hall–Kier alpha value is -1.95. The fourth-order valence-corrected chi connectivity index (χ4v) is 4.42. The van der Waals surface area contributed by atoms with Gasteiger partial charge in [0.25, 0.3) is 0 Å². The summed E-state index contributed by atoms with van der Waals surface area (Å²) in [5.74, 6) is -0.151. The van der Waals surface area contributed by atoms with Crippen LogP contribution in [0.2, 0.25) is 0 Å². The van der Waals surface area contributed by atoms with E-state index in [9.17, 15) is 20.1 Å². The first-order valence-corrected chi connectivity index (χ1v) is 16.6. The Morgan fingerprint density at radius 3 is 1.95 bits per heavy atom. The molecule has 5 nitrogen and oxygen atoms in total. The van der Waals surface area contributed by atoms with Crippen molar-refractivity contribution in [1.29, 1.82) is 0 Å². The van der Waals surface area contributed by atoms with Gasteiger partial charge in [-0.2, -0.15) is 0 Å². The summed E-state index contributed by atoms with van der Waals surface area (Å²) in [6, 6.07) is -0.672. The molecule has 0 aromatic rings. The van der Waals surface area contributed by atoms with E-state index < -0.39 is 18.2 Å². The molecule has 0 unspecified atom stereocenters. The van der Waals surface area contributed by atoms with E-state index in [0.717, 1.165) is 32.1 Å². The van der Waals surface area contributed by atoms with Crippen LogP contribution in [0.15, 0.2) is 60.8 Å². The normalized spacial score (nSPS) is 14.8. The molecule has 0 rings (SSSR count). The monoisotopic (exact) mass is 573 g/mol. The molecule has 0 aromatic heterocycles. The summed E-state index contributed by atoms with van der Waals surface area (Å²) in [5.41, 5.74) is 0. The van der Waals surface area contributed by atoms with Crippen molar-refractivity contribution in [2.24, 2.45) is 0 Å². The largest absolute Gasteiger partial charge is 0.394 e. The second-order valence-corrected chi connectivity index (χ2v) is 11.1. The Labute approximate surface area is 252 Å². The number of carbonyl (C=O) groups is 1. The maximum absolute atomic E-state index is 12.2. The fourth-order valence-electron chi connectivity index (χ4n) is 4.42. The first kappa shape index (κ1) is 39.0. The van der Waals surface area contributed by atoms with Crippen LogP contribution in [0.5, 0.6) is 0 Å². The van der Waals surface area contributed by atoms with Crippen molar-refractivity contribution in [3.05, 3.63) is 60.8 Å². The Kier molecular flexibility index (Phi) is 29.5. The minimum atomic E-state index is -0.879. The van der Waals surface area contributed by atoms with Crippen LogP contribution in [0.1, 0.15) is 136 Å². The third-order valence-electron chi connectivity index (χ3n) is 7.08. The molecule has 236 valence electrons. The lowest BCUT2D eigenvalue weighted by Gasteiger charge is -2.19. The smallest absolute Gasteiger partial charge is 0.220 e. The molecular weight excluding hydrogens is 510 g/mol. The van der Waals surface area contributed by atoms with Crippen molar-refractivity contribution in [1.82, 2.24) is 5.32 Å². The van der Waals surface area contributed by atoms with Gasteiger partial charge in [0.2, 0.25) is 5.91 Å². The van der Waals surface area contributed by atoms with Gasteiger partial charge in [-0.15, -0.1) is 0 Å². The zero-order valence-electron chi connectivity index (χ0n) is 26.4. The third-order valence-corrected chi connectivity index (χ3v) is 7.08. The SMILES string of the molecule is CCCCC/C=C\C=C/[C@H](O)C/C=C\C/C=C/CCCC(=O)N[C@@H](CO)[C@H](O)/C=C/CCCCCCCCCCC. The van der Waals surface area contributed by atoms with Crippen molar-refractivity contribution in [2.45, 2.75) is 154 Å². The van der Waals surface area contributed by atoms with E-state index in [1.807, 2.05) is 36.5 Å². The molecule has 0 fully saturated rings. The zero-order valence-corrected chi connectivity index (χ0v) is 26.4. The predicted octanol–water partition coefficient (Wildman–Crippen LogP) is 8.42. The maximum Gasteiger partial charge on any atom is 0.220 e. The van der Waals surface area contributed by atoms with Gasteiger partial charge in [0, 0.05) is 6.42 Å². The lowest BCUT2D eigenvalue weighted by atomic mass is 10.1. The summed E-state index contributed by atoms with van der Waals surface area (Å²) >= 11 is 0. The minimum absolute atomic E-state index is 0.151. The minimum Gasteiger partial charge on any atom is -0.394 e. The van der Waals surface area contributed by atoms with Gasteiger partial charge >= 0.3 is 0 Å². The molecule has 0 radical (unpaired) electrons. The van der Waals surface area contributed by atoms with Crippen LogP contribution in [0.3, 0.4) is 0 Å². The number of aliphatic hydroxyl groups excluding tert-OH is 3. The molecule has 0 aromatic carbocycles. The summed E-state index contributed by atoms with van der Waals surface area (Å²) in [5, 5.41) is 32.7. The van der Waals surface area contributed by atoms with Gasteiger partial charge in [0.05, 0.1) is 24.9 Å². The molecule has 0 aliphatic heterocycles. The van der Waals surface area contributed by atoms with Crippen molar-refractivity contribution < 1.29 is 20.1 Å². The van der Waals surface area contributed by atoms with Gasteiger partial charge in [0.1, 0.15) is 0 Å². The Balaban J connectivity index is 3.90. The van der Waals surface area contributed by atoms with Crippen LogP contribution in [0, 0.1) is 0 Å².